The van der Waals surface area contributed by atoms with Crippen LogP contribution in [0.5, 0.6) is 0 Å². The molecule has 84 valence electrons. The summed E-state index contributed by atoms with van der Waals surface area (Å²) in [7, 11) is 0. The van der Waals surface area contributed by atoms with Gasteiger partial charge in [-0.3, -0.25) is 0 Å². The molecule has 0 amide bonds. The van der Waals surface area contributed by atoms with Crippen LogP contribution >= 0.6 is 28.3 Å². The number of halogens is 3. The van der Waals surface area contributed by atoms with Crippen molar-refractivity contribution in [3.63, 3.8) is 0 Å². The van der Waals surface area contributed by atoms with Crippen LogP contribution in [0.3, 0.4) is 0 Å². The molecule has 1 aliphatic rings. The normalized spacial score (nSPS) is 20.1. The summed E-state index contributed by atoms with van der Waals surface area (Å²) in [6.45, 7) is 2.80. The number of rotatable bonds is 1. The molecule has 1 heterocycles. The predicted octanol–water partition coefficient (Wildman–Crippen LogP) is 3.74. The Balaban J connectivity index is 0.00000112. The minimum atomic E-state index is -0.0624. The van der Waals surface area contributed by atoms with Crippen LogP contribution < -0.4 is 5.32 Å². The third kappa shape index (κ3) is 2.71. The second-order valence-corrected chi connectivity index (χ2v) is 4.69. The fourth-order valence-electron chi connectivity index (χ4n) is 1.96. The molecule has 1 saturated heterocycles. The molecule has 2 rings (SSSR count). The summed E-state index contributed by atoms with van der Waals surface area (Å²) in [4.78, 5) is 0. The van der Waals surface area contributed by atoms with Gasteiger partial charge >= 0.3 is 0 Å². The van der Waals surface area contributed by atoms with E-state index in [4.69, 9.17) is 0 Å². The standard InChI is InChI=1S/C11H13BrFN.ClH/c1-7-5-8(12)6-9(11(7)13)10-3-2-4-14-10;/h5-6,10,14H,2-4H2,1H3;1H/t10-;/m0./s1. The van der Waals surface area contributed by atoms with Crippen molar-refractivity contribution in [1.29, 1.82) is 0 Å². The van der Waals surface area contributed by atoms with Gasteiger partial charge in [-0.05, 0) is 44.0 Å². The van der Waals surface area contributed by atoms with E-state index in [0.29, 0.717) is 5.56 Å². The van der Waals surface area contributed by atoms with Crippen molar-refractivity contribution in [3.05, 3.63) is 33.5 Å². The van der Waals surface area contributed by atoms with E-state index < -0.39 is 0 Å². The van der Waals surface area contributed by atoms with E-state index in [-0.39, 0.29) is 24.3 Å². The highest BCUT2D eigenvalue weighted by Crippen LogP contribution is 2.29. The van der Waals surface area contributed by atoms with Crippen molar-refractivity contribution >= 4 is 28.3 Å². The Labute approximate surface area is 104 Å². The van der Waals surface area contributed by atoms with E-state index in [2.05, 4.69) is 21.2 Å². The van der Waals surface area contributed by atoms with Gasteiger partial charge in [0.1, 0.15) is 5.82 Å². The van der Waals surface area contributed by atoms with Gasteiger partial charge in [0, 0.05) is 16.1 Å². The van der Waals surface area contributed by atoms with Crippen LogP contribution in [0, 0.1) is 12.7 Å². The Morgan fingerprint density at radius 3 is 2.80 bits per heavy atom. The first-order chi connectivity index (χ1) is 6.68. The highest BCUT2D eigenvalue weighted by atomic mass is 79.9. The maximum atomic E-state index is 13.8. The molecule has 1 aromatic carbocycles. The molecular formula is C11H14BrClFN. The van der Waals surface area contributed by atoms with Gasteiger partial charge in [-0.15, -0.1) is 12.4 Å². The van der Waals surface area contributed by atoms with Gasteiger partial charge in [0.05, 0.1) is 0 Å². The molecule has 0 spiro atoms. The number of aryl methyl sites for hydroxylation is 1. The Morgan fingerprint density at radius 1 is 1.47 bits per heavy atom. The van der Waals surface area contributed by atoms with Crippen molar-refractivity contribution in [2.45, 2.75) is 25.8 Å². The Hall–Kier alpha value is -0.120. The molecule has 0 aliphatic carbocycles. The third-order valence-corrected chi connectivity index (χ3v) is 3.14. The van der Waals surface area contributed by atoms with Gasteiger partial charge in [0.15, 0.2) is 0 Å². The zero-order chi connectivity index (χ0) is 10.1. The summed E-state index contributed by atoms with van der Waals surface area (Å²) in [5, 5.41) is 3.31. The first-order valence-corrected chi connectivity index (χ1v) is 5.66. The van der Waals surface area contributed by atoms with Crippen molar-refractivity contribution in [1.82, 2.24) is 5.32 Å². The molecule has 1 nitrogen and oxygen atoms in total. The molecule has 1 aliphatic heterocycles. The van der Waals surface area contributed by atoms with E-state index in [9.17, 15) is 4.39 Å². The molecule has 4 heteroatoms. The summed E-state index contributed by atoms with van der Waals surface area (Å²) in [5.41, 5.74) is 1.51. The maximum Gasteiger partial charge on any atom is 0.130 e. The summed E-state index contributed by atoms with van der Waals surface area (Å²) in [6, 6.07) is 3.89. The van der Waals surface area contributed by atoms with E-state index >= 15 is 0 Å². The molecule has 1 fully saturated rings. The smallest absolute Gasteiger partial charge is 0.130 e. The average Bonchev–Trinajstić information content (AvgIpc) is 2.63. The first kappa shape index (κ1) is 12.9. The summed E-state index contributed by atoms with van der Waals surface area (Å²) < 4.78 is 14.7. The van der Waals surface area contributed by atoms with Gasteiger partial charge < -0.3 is 5.32 Å². The van der Waals surface area contributed by atoms with Crippen LogP contribution in [0.1, 0.15) is 30.0 Å². The van der Waals surface area contributed by atoms with Gasteiger partial charge in [-0.1, -0.05) is 15.9 Å². The monoisotopic (exact) mass is 293 g/mol. The Kier molecular flexibility index (Phi) is 4.56. The quantitative estimate of drug-likeness (QED) is 0.832. The van der Waals surface area contributed by atoms with E-state index in [1.54, 1.807) is 6.92 Å². The molecule has 0 aromatic heterocycles. The number of hydrogen-bond acceptors (Lipinski definition) is 1. The fraction of sp³-hybridized carbons (Fsp3) is 0.455. The lowest BCUT2D eigenvalue weighted by Crippen LogP contribution is -2.14. The third-order valence-electron chi connectivity index (χ3n) is 2.68. The molecule has 15 heavy (non-hydrogen) atoms. The van der Waals surface area contributed by atoms with Gasteiger partial charge in [-0.2, -0.15) is 0 Å². The number of benzene rings is 1. The number of hydrogen-bond donors (Lipinski definition) is 1. The Bertz CT molecular complexity index is 351. The molecule has 0 saturated carbocycles. The highest BCUT2D eigenvalue weighted by molar-refractivity contribution is 9.10. The summed E-state index contributed by atoms with van der Waals surface area (Å²) >= 11 is 3.40. The van der Waals surface area contributed by atoms with E-state index in [0.717, 1.165) is 29.4 Å². The van der Waals surface area contributed by atoms with Crippen molar-refractivity contribution < 1.29 is 4.39 Å². The van der Waals surface area contributed by atoms with Crippen molar-refractivity contribution in [2.75, 3.05) is 6.54 Å². The van der Waals surface area contributed by atoms with Crippen LogP contribution in [0.4, 0.5) is 4.39 Å². The fourth-order valence-corrected chi connectivity index (χ4v) is 2.55. The van der Waals surface area contributed by atoms with Crippen LogP contribution in [-0.4, -0.2) is 6.54 Å². The predicted molar refractivity (Wildman–Crippen MR) is 66.1 cm³/mol. The molecule has 0 radical (unpaired) electrons. The van der Waals surface area contributed by atoms with Crippen molar-refractivity contribution in [3.8, 4) is 0 Å². The lowest BCUT2D eigenvalue weighted by molar-refractivity contribution is 0.552. The molecule has 0 unspecified atom stereocenters. The topological polar surface area (TPSA) is 12.0 Å². The lowest BCUT2D eigenvalue weighted by Gasteiger charge is -2.13. The lowest BCUT2D eigenvalue weighted by atomic mass is 10.0. The number of nitrogens with one attached hydrogen (secondary N) is 1. The van der Waals surface area contributed by atoms with Gasteiger partial charge in [0.2, 0.25) is 0 Å². The van der Waals surface area contributed by atoms with Crippen LogP contribution in [0.2, 0.25) is 0 Å². The zero-order valence-electron chi connectivity index (χ0n) is 8.52. The second-order valence-electron chi connectivity index (χ2n) is 3.77. The molecular weight excluding hydrogens is 280 g/mol. The molecule has 1 atom stereocenters. The summed E-state index contributed by atoms with van der Waals surface area (Å²) in [6.07, 6.45) is 2.17. The minimum absolute atomic E-state index is 0. The van der Waals surface area contributed by atoms with Gasteiger partial charge in [-0.25, -0.2) is 4.39 Å². The van der Waals surface area contributed by atoms with Crippen LogP contribution in [-0.2, 0) is 0 Å². The van der Waals surface area contributed by atoms with Crippen LogP contribution in [0.15, 0.2) is 16.6 Å². The molecule has 1 aromatic rings. The van der Waals surface area contributed by atoms with Crippen LogP contribution in [0.25, 0.3) is 0 Å². The maximum absolute atomic E-state index is 13.8. The second kappa shape index (κ2) is 5.28. The minimum Gasteiger partial charge on any atom is -0.310 e. The summed E-state index contributed by atoms with van der Waals surface area (Å²) in [5.74, 6) is -0.0624. The first-order valence-electron chi connectivity index (χ1n) is 4.87. The Morgan fingerprint density at radius 2 is 2.20 bits per heavy atom. The molecule has 0 bridgehead atoms. The van der Waals surface area contributed by atoms with Gasteiger partial charge in [0.25, 0.3) is 0 Å². The SMILES string of the molecule is Cc1cc(Br)cc([C@@H]2CCCN2)c1F.Cl. The average molecular weight is 295 g/mol. The largest absolute Gasteiger partial charge is 0.310 e. The van der Waals surface area contributed by atoms with E-state index in [1.807, 2.05) is 12.1 Å². The van der Waals surface area contributed by atoms with Crippen molar-refractivity contribution in [2.24, 2.45) is 0 Å². The highest BCUT2D eigenvalue weighted by Gasteiger charge is 2.20. The molecule has 1 N–H and O–H groups in total. The van der Waals surface area contributed by atoms with E-state index in [1.165, 1.54) is 0 Å². The zero-order valence-corrected chi connectivity index (χ0v) is 10.9.